The predicted octanol–water partition coefficient (Wildman–Crippen LogP) is 4.96. The van der Waals surface area contributed by atoms with Crippen LogP contribution in [0.5, 0.6) is 0 Å². The molecule has 2 aromatic carbocycles. The number of amides is 1. The average Bonchev–Trinajstić information content (AvgIpc) is 3.28. The molecule has 0 spiro atoms. The number of aromatic amines is 1. The van der Waals surface area contributed by atoms with E-state index in [2.05, 4.69) is 29.2 Å². The maximum Gasteiger partial charge on any atom is 0.245 e. The highest BCUT2D eigenvalue weighted by Gasteiger charge is 2.26. The lowest BCUT2D eigenvalue weighted by Crippen LogP contribution is -2.31. The molecule has 3 aromatic rings. The third kappa shape index (κ3) is 5.70. The molecule has 6 heteroatoms. The van der Waals surface area contributed by atoms with Crippen molar-refractivity contribution in [1.29, 1.82) is 0 Å². The summed E-state index contributed by atoms with van der Waals surface area (Å²) in [5.74, 6) is -0.529. The van der Waals surface area contributed by atoms with Gasteiger partial charge in [0.25, 0.3) is 0 Å². The molecule has 152 valence electrons. The number of H-pyrrole nitrogens is 1. The Balaban J connectivity index is 1.91. The number of carbonyl (C=O) groups excluding carboxylic acids is 1. The zero-order chi connectivity index (χ0) is 20.6. The second kappa shape index (κ2) is 10.3. The van der Waals surface area contributed by atoms with Gasteiger partial charge >= 0.3 is 0 Å². The number of hydrogen-bond acceptors (Lipinski definition) is 3. The largest absolute Gasteiger partial charge is 0.377 e. The molecular formula is C23H25ClN2O3. The van der Waals surface area contributed by atoms with Gasteiger partial charge in [-0.2, -0.15) is 0 Å². The maximum atomic E-state index is 11.9. The molecule has 0 saturated heterocycles. The second-order valence-corrected chi connectivity index (χ2v) is 7.31. The standard InChI is InChI=1S/C23H25ClN2O3/c1-2-29-22(15-23(27)26-28)20(14-16-5-11-19(24)12-6-16)17-7-9-18(10-8-17)21-4-3-13-25-21/h3-13,20,22,25,28H,2,14-15H2,1H3,(H,26,27)/t20?,22-/m1/s1. The highest BCUT2D eigenvalue weighted by molar-refractivity contribution is 6.30. The summed E-state index contributed by atoms with van der Waals surface area (Å²) in [4.78, 5) is 15.1. The Morgan fingerprint density at radius 1 is 1.14 bits per heavy atom. The lowest BCUT2D eigenvalue weighted by Gasteiger charge is -2.27. The number of halogens is 1. The van der Waals surface area contributed by atoms with Crippen LogP contribution in [0.15, 0.2) is 66.9 Å². The van der Waals surface area contributed by atoms with Crippen molar-refractivity contribution in [3.05, 3.63) is 83.0 Å². The molecule has 1 aromatic heterocycles. The van der Waals surface area contributed by atoms with E-state index in [0.717, 1.165) is 22.4 Å². The molecule has 0 radical (unpaired) electrons. The van der Waals surface area contributed by atoms with E-state index in [9.17, 15) is 4.79 Å². The van der Waals surface area contributed by atoms with Crippen LogP contribution < -0.4 is 5.48 Å². The summed E-state index contributed by atoms with van der Waals surface area (Å²) in [5.41, 5.74) is 6.02. The molecule has 0 aliphatic rings. The zero-order valence-electron chi connectivity index (χ0n) is 16.3. The van der Waals surface area contributed by atoms with E-state index in [4.69, 9.17) is 21.5 Å². The van der Waals surface area contributed by atoms with Crippen molar-refractivity contribution in [2.24, 2.45) is 0 Å². The Labute approximate surface area is 175 Å². The van der Waals surface area contributed by atoms with Crippen molar-refractivity contribution in [1.82, 2.24) is 10.5 Å². The van der Waals surface area contributed by atoms with Gasteiger partial charge in [-0.3, -0.25) is 10.0 Å². The average molecular weight is 413 g/mol. The van der Waals surface area contributed by atoms with Gasteiger partial charge in [0.05, 0.1) is 12.5 Å². The van der Waals surface area contributed by atoms with Gasteiger partial charge in [0, 0.05) is 29.4 Å². The Morgan fingerprint density at radius 3 is 2.45 bits per heavy atom. The van der Waals surface area contributed by atoms with E-state index in [1.54, 1.807) is 5.48 Å². The summed E-state index contributed by atoms with van der Waals surface area (Å²) in [6.07, 6.45) is 2.27. The van der Waals surface area contributed by atoms with E-state index in [0.29, 0.717) is 18.1 Å². The molecule has 1 unspecified atom stereocenters. The molecule has 0 aliphatic heterocycles. The fourth-order valence-corrected chi connectivity index (χ4v) is 3.64. The highest BCUT2D eigenvalue weighted by Crippen LogP contribution is 2.30. The van der Waals surface area contributed by atoms with E-state index in [1.807, 2.05) is 49.5 Å². The molecule has 3 rings (SSSR count). The van der Waals surface area contributed by atoms with Crippen molar-refractivity contribution in [3.63, 3.8) is 0 Å². The van der Waals surface area contributed by atoms with Gasteiger partial charge in [-0.05, 0) is 54.3 Å². The molecule has 29 heavy (non-hydrogen) atoms. The smallest absolute Gasteiger partial charge is 0.245 e. The second-order valence-electron chi connectivity index (χ2n) is 6.88. The van der Waals surface area contributed by atoms with Gasteiger partial charge in [0.15, 0.2) is 0 Å². The van der Waals surface area contributed by atoms with Crippen LogP contribution in [-0.4, -0.2) is 28.8 Å². The Kier molecular flexibility index (Phi) is 7.47. The molecule has 0 saturated carbocycles. The molecule has 1 heterocycles. The van der Waals surface area contributed by atoms with Crippen LogP contribution in [0, 0.1) is 0 Å². The fourth-order valence-electron chi connectivity index (χ4n) is 3.52. The fraction of sp³-hybridized carbons (Fsp3) is 0.261. The van der Waals surface area contributed by atoms with Crippen LogP contribution in [0.1, 0.15) is 30.4 Å². The first-order valence-corrected chi connectivity index (χ1v) is 10.0. The minimum atomic E-state index is -0.465. The Bertz CT molecular complexity index is 893. The number of ether oxygens (including phenoxy) is 1. The third-order valence-electron chi connectivity index (χ3n) is 4.96. The van der Waals surface area contributed by atoms with Crippen LogP contribution in [0.3, 0.4) is 0 Å². The quantitative estimate of drug-likeness (QED) is 0.343. The first-order chi connectivity index (χ1) is 14.1. The number of rotatable bonds is 9. The molecule has 0 fully saturated rings. The zero-order valence-corrected chi connectivity index (χ0v) is 17.0. The van der Waals surface area contributed by atoms with E-state index >= 15 is 0 Å². The number of aromatic nitrogens is 1. The van der Waals surface area contributed by atoms with Crippen LogP contribution in [0.25, 0.3) is 11.3 Å². The molecular weight excluding hydrogens is 388 g/mol. The SMILES string of the molecule is CCO[C@H](CC(=O)NO)C(Cc1ccc(Cl)cc1)c1ccc(-c2ccc[nH]2)cc1. The van der Waals surface area contributed by atoms with Crippen LogP contribution in [0.4, 0.5) is 0 Å². The summed E-state index contributed by atoms with van der Waals surface area (Å²) >= 11 is 6.02. The summed E-state index contributed by atoms with van der Waals surface area (Å²) in [7, 11) is 0. The minimum Gasteiger partial charge on any atom is -0.377 e. The Hall–Kier alpha value is -2.60. The van der Waals surface area contributed by atoms with Crippen LogP contribution >= 0.6 is 11.6 Å². The highest BCUT2D eigenvalue weighted by atomic mass is 35.5. The van der Waals surface area contributed by atoms with Crippen LogP contribution in [0.2, 0.25) is 5.02 Å². The monoisotopic (exact) mass is 412 g/mol. The van der Waals surface area contributed by atoms with Crippen LogP contribution in [-0.2, 0) is 16.0 Å². The molecule has 2 atom stereocenters. The van der Waals surface area contributed by atoms with E-state index in [1.165, 1.54) is 0 Å². The third-order valence-corrected chi connectivity index (χ3v) is 5.21. The molecule has 0 aliphatic carbocycles. The summed E-state index contributed by atoms with van der Waals surface area (Å²) in [6, 6.07) is 19.9. The molecule has 3 N–H and O–H groups in total. The normalized spacial score (nSPS) is 13.1. The summed E-state index contributed by atoms with van der Waals surface area (Å²) < 4.78 is 5.93. The van der Waals surface area contributed by atoms with E-state index < -0.39 is 5.91 Å². The predicted molar refractivity (Wildman–Crippen MR) is 114 cm³/mol. The van der Waals surface area contributed by atoms with Gasteiger partial charge in [-0.15, -0.1) is 0 Å². The number of carbonyl (C=O) groups is 1. The van der Waals surface area contributed by atoms with Crippen molar-refractivity contribution < 1.29 is 14.7 Å². The number of hydroxylamine groups is 1. The Morgan fingerprint density at radius 2 is 1.86 bits per heavy atom. The van der Waals surface area contributed by atoms with Gasteiger partial charge in [-0.1, -0.05) is 48.0 Å². The lowest BCUT2D eigenvalue weighted by atomic mass is 9.85. The molecule has 1 amide bonds. The topological polar surface area (TPSA) is 74.3 Å². The maximum absolute atomic E-state index is 11.9. The van der Waals surface area contributed by atoms with E-state index in [-0.39, 0.29) is 18.4 Å². The van der Waals surface area contributed by atoms with Crippen molar-refractivity contribution >= 4 is 17.5 Å². The number of benzene rings is 2. The molecule has 0 bridgehead atoms. The number of nitrogens with one attached hydrogen (secondary N) is 2. The summed E-state index contributed by atoms with van der Waals surface area (Å²) in [6.45, 7) is 2.37. The van der Waals surface area contributed by atoms with Crippen molar-refractivity contribution in [2.45, 2.75) is 31.8 Å². The minimum absolute atomic E-state index is 0.0638. The first kappa shape index (κ1) is 21.1. The van der Waals surface area contributed by atoms with Gasteiger partial charge < -0.3 is 9.72 Å². The van der Waals surface area contributed by atoms with Gasteiger partial charge in [0.1, 0.15) is 0 Å². The van der Waals surface area contributed by atoms with Crippen molar-refractivity contribution in [3.8, 4) is 11.3 Å². The lowest BCUT2D eigenvalue weighted by molar-refractivity contribution is -0.132. The number of hydrogen-bond donors (Lipinski definition) is 3. The summed E-state index contributed by atoms with van der Waals surface area (Å²) in [5, 5.41) is 9.68. The first-order valence-electron chi connectivity index (χ1n) is 9.63. The molecule has 5 nitrogen and oxygen atoms in total. The van der Waals surface area contributed by atoms with Crippen molar-refractivity contribution in [2.75, 3.05) is 6.61 Å². The van der Waals surface area contributed by atoms with Gasteiger partial charge in [-0.25, -0.2) is 5.48 Å². The van der Waals surface area contributed by atoms with Gasteiger partial charge in [0.2, 0.25) is 5.91 Å².